The predicted octanol–water partition coefficient (Wildman–Crippen LogP) is 3.92. The van der Waals surface area contributed by atoms with Crippen molar-refractivity contribution in [3.63, 3.8) is 0 Å². The van der Waals surface area contributed by atoms with Gasteiger partial charge in [-0.3, -0.25) is 0 Å². The molecule has 3 heteroatoms. The smallest absolute Gasteiger partial charge is 0.129 e. The second-order valence-electron chi connectivity index (χ2n) is 4.19. The number of hydrogen-bond donors (Lipinski definition) is 0. The molecule has 0 saturated heterocycles. The summed E-state index contributed by atoms with van der Waals surface area (Å²) in [6, 6.07) is 9.58. The van der Waals surface area contributed by atoms with Crippen LogP contribution in [0.25, 0.3) is 10.9 Å². The van der Waals surface area contributed by atoms with Crippen molar-refractivity contribution in [2.24, 2.45) is 5.92 Å². The van der Waals surface area contributed by atoms with E-state index in [1.54, 1.807) is 6.07 Å². The van der Waals surface area contributed by atoms with Crippen molar-refractivity contribution in [3.8, 4) is 5.75 Å². The van der Waals surface area contributed by atoms with Gasteiger partial charge in [-0.25, -0.2) is 4.98 Å². The Morgan fingerprint density at radius 2 is 2.06 bits per heavy atom. The molecular weight excluding hydrogens is 222 g/mol. The predicted molar refractivity (Wildman–Crippen MR) is 67.1 cm³/mol. The Labute approximate surface area is 100 Å². The third-order valence-electron chi connectivity index (χ3n) is 2.21. The largest absolute Gasteiger partial charge is 0.493 e. The number of fused-ring (bicyclic) bond motifs is 1. The zero-order chi connectivity index (χ0) is 11.5. The zero-order valence-corrected chi connectivity index (χ0v) is 10.2. The molecule has 2 aromatic rings. The SMILES string of the molecule is CC(C)COc1ccc2nc(Cl)ccc2c1. The van der Waals surface area contributed by atoms with Gasteiger partial charge in [-0.1, -0.05) is 25.4 Å². The Morgan fingerprint density at radius 1 is 1.25 bits per heavy atom. The van der Waals surface area contributed by atoms with Gasteiger partial charge < -0.3 is 4.74 Å². The number of benzene rings is 1. The van der Waals surface area contributed by atoms with Crippen molar-refractivity contribution in [3.05, 3.63) is 35.5 Å². The van der Waals surface area contributed by atoms with E-state index in [2.05, 4.69) is 18.8 Å². The number of rotatable bonds is 3. The Kier molecular flexibility index (Phi) is 3.30. The first kappa shape index (κ1) is 11.2. The average Bonchev–Trinajstić information content (AvgIpc) is 2.26. The highest BCUT2D eigenvalue weighted by atomic mass is 35.5. The molecule has 2 rings (SSSR count). The van der Waals surface area contributed by atoms with Gasteiger partial charge in [-0.2, -0.15) is 0 Å². The molecular formula is C13H14ClNO. The lowest BCUT2D eigenvalue weighted by atomic mass is 10.2. The molecule has 0 amide bonds. The molecule has 16 heavy (non-hydrogen) atoms. The van der Waals surface area contributed by atoms with Crippen LogP contribution in [0.15, 0.2) is 30.3 Å². The lowest BCUT2D eigenvalue weighted by molar-refractivity contribution is 0.271. The Hall–Kier alpha value is -1.28. The second-order valence-corrected chi connectivity index (χ2v) is 4.58. The molecule has 0 fully saturated rings. The van der Waals surface area contributed by atoms with Crippen LogP contribution in [-0.2, 0) is 0 Å². The fraction of sp³-hybridized carbons (Fsp3) is 0.308. The van der Waals surface area contributed by atoms with Crippen molar-refractivity contribution in [1.29, 1.82) is 0 Å². The van der Waals surface area contributed by atoms with Crippen molar-refractivity contribution >= 4 is 22.5 Å². The average molecular weight is 236 g/mol. The minimum atomic E-state index is 0.517. The van der Waals surface area contributed by atoms with Crippen LogP contribution in [0.4, 0.5) is 0 Å². The van der Waals surface area contributed by atoms with E-state index in [0.717, 1.165) is 23.3 Å². The summed E-state index contributed by atoms with van der Waals surface area (Å²) >= 11 is 5.82. The van der Waals surface area contributed by atoms with E-state index in [1.807, 2.05) is 24.3 Å². The summed E-state index contributed by atoms with van der Waals surface area (Å²) in [5, 5.41) is 1.56. The Bertz CT molecular complexity index is 496. The fourth-order valence-electron chi connectivity index (χ4n) is 1.43. The molecule has 0 spiro atoms. The summed E-state index contributed by atoms with van der Waals surface area (Å²) in [5.41, 5.74) is 0.893. The summed E-state index contributed by atoms with van der Waals surface area (Å²) < 4.78 is 5.64. The molecule has 1 aromatic heterocycles. The van der Waals surface area contributed by atoms with Gasteiger partial charge in [0.25, 0.3) is 0 Å². The van der Waals surface area contributed by atoms with Crippen molar-refractivity contribution in [1.82, 2.24) is 4.98 Å². The van der Waals surface area contributed by atoms with E-state index in [4.69, 9.17) is 16.3 Å². The number of hydrogen-bond acceptors (Lipinski definition) is 2. The molecule has 0 radical (unpaired) electrons. The maximum atomic E-state index is 5.82. The van der Waals surface area contributed by atoms with Gasteiger partial charge in [0, 0.05) is 5.39 Å². The summed E-state index contributed by atoms with van der Waals surface area (Å²) in [6.07, 6.45) is 0. The number of pyridine rings is 1. The minimum Gasteiger partial charge on any atom is -0.493 e. The van der Waals surface area contributed by atoms with E-state index in [0.29, 0.717) is 11.1 Å². The first-order chi connectivity index (χ1) is 7.65. The lowest BCUT2D eigenvalue weighted by Gasteiger charge is -2.09. The summed E-state index contributed by atoms with van der Waals surface area (Å²) in [5.74, 6) is 1.41. The first-order valence-corrected chi connectivity index (χ1v) is 5.72. The van der Waals surface area contributed by atoms with Crippen LogP contribution >= 0.6 is 11.6 Å². The molecule has 1 aromatic carbocycles. The van der Waals surface area contributed by atoms with Gasteiger partial charge in [-0.15, -0.1) is 0 Å². The molecule has 84 valence electrons. The molecule has 0 saturated carbocycles. The van der Waals surface area contributed by atoms with Crippen LogP contribution in [0.2, 0.25) is 5.15 Å². The minimum absolute atomic E-state index is 0.517. The molecule has 0 unspecified atom stereocenters. The topological polar surface area (TPSA) is 22.1 Å². The molecule has 0 aliphatic carbocycles. The number of aromatic nitrogens is 1. The molecule has 0 N–H and O–H groups in total. The highest BCUT2D eigenvalue weighted by Crippen LogP contribution is 2.21. The molecule has 0 atom stereocenters. The van der Waals surface area contributed by atoms with Gasteiger partial charge >= 0.3 is 0 Å². The van der Waals surface area contributed by atoms with Crippen LogP contribution < -0.4 is 4.74 Å². The molecule has 0 bridgehead atoms. The second kappa shape index (κ2) is 4.71. The normalized spacial score (nSPS) is 11.0. The van der Waals surface area contributed by atoms with Crippen LogP contribution in [0.3, 0.4) is 0 Å². The van der Waals surface area contributed by atoms with E-state index >= 15 is 0 Å². The maximum Gasteiger partial charge on any atom is 0.129 e. The van der Waals surface area contributed by atoms with Crippen LogP contribution in [0.5, 0.6) is 5.75 Å². The number of halogens is 1. The van der Waals surface area contributed by atoms with E-state index < -0.39 is 0 Å². The Morgan fingerprint density at radius 3 is 2.81 bits per heavy atom. The zero-order valence-electron chi connectivity index (χ0n) is 9.40. The fourth-order valence-corrected chi connectivity index (χ4v) is 1.59. The highest BCUT2D eigenvalue weighted by molar-refractivity contribution is 6.29. The van der Waals surface area contributed by atoms with Gasteiger partial charge in [0.15, 0.2) is 0 Å². The summed E-state index contributed by atoms with van der Waals surface area (Å²) in [4.78, 5) is 4.22. The standard InChI is InChI=1S/C13H14ClNO/c1-9(2)8-16-11-4-5-12-10(7-11)3-6-13(14)15-12/h3-7,9H,8H2,1-2H3. The molecule has 1 heterocycles. The quantitative estimate of drug-likeness (QED) is 0.753. The highest BCUT2D eigenvalue weighted by Gasteiger charge is 2.00. The third kappa shape index (κ3) is 2.64. The molecule has 2 nitrogen and oxygen atoms in total. The van der Waals surface area contributed by atoms with Crippen LogP contribution in [-0.4, -0.2) is 11.6 Å². The molecule has 0 aliphatic heterocycles. The summed E-state index contributed by atoms with van der Waals surface area (Å²) in [6.45, 7) is 4.98. The number of ether oxygens (including phenoxy) is 1. The lowest BCUT2D eigenvalue weighted by Crippen LogP contribution is -2.04. The van der Waals surface area contributed by atoms with Crippen molar-refractivity contribution in [2.45, 2.75) is 13.8 Å². The Balaban J connectivity index is 2.26. The van der Waals surface area contributed by atoms with Crippen LogP contribution in [0.1, 0.15) is 13.8 Å². The maximum absolute atomic E-state index is 5.82. The first-order valence-electron chi connectivity index (χ1n) is 5.34. The van der Waals surface area contributed by atoms with Gasteiger partial charge in [0.1, 0.15) is 10.9 Å². The van der Waals surface area contributed by atoms with Crippen LogP contribution in [0, 0.1) is 5.92 Å². The van der Waals surface area contributed by atoms with E-state index in [9.17, 15) is 0 Å². The van der Waals surface area contributed by atoms with Gasteiger partial charge in [0.05, 0.1) is 12.1 Å². The number of nitrogens with zero attached hydrogens (tertiary/aromatic N) is 1. The molecule has 0 aliphatic rings. The third-order valence-corrected chi connectivity index (χ3v) is 2.42. The van der Waals surface area contributed by atoms with Gasteiger partial charge in [-0.05, 0) is 36.2 Å². The van der Waals surface area contributed by atoms with Gasteiger partial charge in [0.2, 0.25) is 0 Å². The summed E-state index contributed by atoms with van der Waals surface area (Å²) in [7, 11) is 0. The van der Waals surface area contributed by atoms with E-state index in [1.165, 1.54) is 0 Å². The van der Waals surface area contributed by atoms with Crippen molar-refractivity contribution in [2.75, 3.05) is 6.61 Å². The van der Waals surface area contributed by atoms with E-state index in [-0.39, 0.29) is 0 Å². The monoisotopic (exact) mass is 235 g/mol. The van der Waals surface area contributed by atoms with Crippen molar-refractivity contribution < 1.29 is 4.74 Å².